The summed E-state index contributed by atoms with van der Waals surface area (Å²) in [7, 11) is -1.96. The minimum absolute atomic E-state index is 0.116. The van der Waals surface area contributed by atoms with Crippen LogP contribution in [0.4, 0.5) is 0 Å². The maximum absolute atomic E-state index is 12.5. The van der Waals surface area contributed by atoms with Gasteiger partial charge in [-0.25, -0.2) is 8.42 Å². The van der Waals surface area contributed by atoms with Crippen molar-refractivity contribution in [3.8, 4) is 0 Å². The predicted octanol–water partition coefficient (Wildman–Crippen LogP) is 1.92. The molecule has 2 N–H and O–H groups in total. The Kier molecular flexibility index (Phi) is 4.72. The molecule has 6 heteroatoms. The van der Waals surface area contributed by atoms with Crippen LogP contribution in [-0.2, 0) is 16.6 Å². The third kappa shape index (κ3) is 3.66. The Morgan fingerprint density at radius 2 is 1.90 bits per heavy atom. The highest BCUT2D eigenvalue weighted by Crippen LogP contribution is 2.19. The lowest BCUT2D eigenvalue weighted by Crippen LogP contribution is -2.26. The molecule has 0 amide bonds. The molecule has 0 aliphatic carbocycles. The van der Waals surface area contributed by atoms with Gasteiger partial charge < -0.3 is 5.73 Å². The molecule has 2 aromatic rings. The quantitative estimate of drug-likeness (QED) is 0.915. The van der Waals surface area contributed by atoms with E-state index in [2.05, 4.69) is 4.98 Å². The van der Waals surface area contributed by atoms with Gasteiger partial charge in [0.15, 0.2) is 0 Å². The molecule has 0 radical (unpaired) electrons. The number of rotatable bonds is 5. The number of nitrogens with two attached hydrogens (primary N) is 1. The largest absolute Gasteiger partial charge is 0.324 e. The van der Waals surface area contributed by atoms with Gasteiger partial charge in [0, 0.05) is 32.0 Å². The van der Waals surface area contributed by atoms with Crippen LogP contribution in [-0.4, -0.2) is 24.8 Å². The summed E-state index contributed by atoms with van der Waals surface area (Å²) in [5.74, 6) is 0. The summed E-state index contributed by atoms with van der Waals surface area (Å²) in [4.78, 5) is 4.25. The third-order valence-electron chi connectivity index (χ3n) is 3.24. The Labute approximate surface area is 125 Å². The Morgan fingerprint density at radius 3 is 2.43 bits per heavy atom. The van der Waals surface area contributed by atoms with Crippen LogP contribution in [0.2, 0.25) is 0 Å². The molecule has 0 bridgehead atoms. The summed E-state index contributed by atoms with van der Waals surface area (Å²) in [6.45, 7) is 2.14. The first-order chi connectivity index (χ1) is 9.91. The van der Waals surface area contributed by atoms with Gasteiger partial charge >= 0.3 is 0 Å². The summed E-state index contributed by atoms with van der Waals surface area (Å²) in [5.41, 5.74) is 7.52. The second kappa shape index (κ2) is 6.34. The second-order valence-corrected chi connectivity index (χ2v) is 7.02. The molecule has 2 rings (SSSR count). The zero-order valence-electron chi connectivity index (χ0n) is 12.1. The van der Waals surface area contributed by atoms with Crippen molar-refractivity contribution in [2.75, 3.05) is 7.05 Å². The first-order valence-corrected chi connectivity index (χ1v) is 8.06. The first-order valence-electron chi connectivity index (χ1n) is 6.62. The maximum Gasteiger partial charge on any atom is 0.243 e. The van der Waals surface area contributed by atoms with Crippen molar-refractivity contribution in [3.05, 3.63) is 59.9 Å². The standard InChI is InChI=1S/C15H19N3O2S/c1-12(16)14-5-7-15(8-6-14)21(19,20)18(2)11-13-4-3-9-17-10-13/h3-10,12H,11,16H2,1-2H3. The monoisotopic (exact) mass is 305 g/mol. The van der Waals surface area contributed by atoms with Gasteiger partial charge in [0.2, 0.25) is 10.0 Å². The summed E-state index contributed by atoms with van der Waals surface area (Å²) in [6.07, 6.45) is 3.32. The fourth-order valence-corrected chi connectivity index (χ4v) is 3.12. The summed E-state index contributed by atoms with van der Waals surface area (Å²) in [6, 6.07) is 10.2. The van der Waals surface area contributed by atoms with Gasteiger partial charge in [-0.1, -0.05) is 18.2 Å². The number of aromatic nitrogens is 1. The van der Waals surface area contributed by atoms with Crippen LogP contribution < -0.4 is 5.73 Å². The normalized spacial score (nSPS) is 13.3. The number of pyridine rings is 1. The first kappa shape index (κ1) is 15.6. The third-order valence-corrected chi connectivity index (χ3v) is 5.06. The molecule has 112 valence electrons. The van der Waals surface area contributed by atoms with E-state index >= 15 is 0 Å². The lowest BCUT2D eigenvalue weighted by molar-refractivity contribution is 0.466. The lowest BCUT2D eigenvalue weighted by Gasteiger charge is -2.17. The van der Waals surface area contributed by atoms with Crippen LogP contribution >= 0.6 is 0 Å². The average Bonchev–Trinajstić information content (AvgIpc) is 2.48. The zero-order chi connectivity index (χ0) is 15.5. The maximum atomic E-state index is 12.5. The van der Waals surface area contributed by atoms with Crippen molar-refractivity contribution in [2.24, 2.45) is 5.73 Å². The van der Waals surface area contributed by atoms with Crippen LogP contribution in [0.15, 0.2) is 53.7 Å². The van der Waals surface area contributed by atoms with Gasteiger partial charge in [-0.15, -0.1) is 0 Å². The molecule has 1 aromatic carbocycles. The molecular weight excluding hydrogens is 286 g/mol. The molecule has 1 aromatic heterocycles. The minimum atomic E-state index is -3.51. The molecule has 21 heavy (non-hydrogen) atoms. The van der Waals surface area contributed by atoms with E-state index in [9.17, 15) is 8.42 Å². The molecule has 0 spiro atoms. The summed E-state index contributed by atoms with van der Waals surface area (Å²) < 4.78 is 26.3. The molecule has 5 nitrogen and oxygen atoms in total. The van der Waals surface area contributed by atoms with Crippen molar-refractivity contribution >= 4 is 10.0 Å². The number of sulfonamides is 1. The van der Waals surface area contributed by atoms with Gasteiger partial charge in [-0.3, -0.25) is 4.98 Å². The highest BCUT2D eigenvalue weighted by Gasteiger charge is 2.20. The molecule has 1 atom stereocenters. The zero-order valence-corrected chi connectivity index (χ0v) is 12.9. The number of hydrogen-bond donors (Lipinski definition) is 1. The van der Waals surface area contributed by atoms with Crippen molar-refractivity contribution in [3.63, 3.8) is 0 Å². The number of hydrogen-bond acceptors (Lipinski definition) is 4. The Bertz CT molecular complexity index is 683. The highest BCUT2D eigenvalue weighted by atomic mass is 32.2. The van der Waals surface area contributed by atoms with Crippen LogP contribution in [0, 0.1) is 0 Å². The average molecular weight is 305 g/mol. The van der Waals surface area contributed by atoms with E-state index < -0.39 is 10.0 Å². The molecule has 0 aliphatic rings. The molecule has 0 saturated carbocycles. The fraction of sp³-hybridized carbons (Fsp3) is 0.267. The van der Waals surface area contributed by atoms with Crippen LogP contribution in [0.5, 0.6) is 0 Å². The molecule has 1 heterocycles. The summed E-state index contributed by atoms with van der Waals surface area (Å²) in [5, 5.41) is 0. The molecule has 0 aliphatic heterocycles. The van der Waals surface area contributed by atoms with Gasteiger partial charge in [0.25, 0.3) is 0 Å². The highest BCUT2D eigenvalue weighted by molar-refractivity contribution is 7.89. The Morgan fingerprint density at radius 1 is 1.24 bits per heavy atom. The fourth-order valence-electron chi connectivity index (χ4n) is 1.96. The van der Waals surface area contributed by atoms with Crippen molar-refractivity contribution in [1.82, 2.24) is 9.29 Å². The van der Waals surface area contributed by atoms with E-state index in [0.717, 1.165) is 11.1 Å². The van der Waals surface area contributed by atoms with Crippen LogP contribution in [0.3, 0.4) is 0 Å². The lowest BCUT2D eigenvalue weighted by atomic mass is 10.1. The number of nitrogens with zero attached hydrogens (tertiary/aromatic N) is 2. The topological polar surface area (TPSA) is 76.3 Å². The second-order valence-electron chi connectivity index (χ2n) is 4.98. The van der Waals surface area contributed by atoms with E-state index in [1.165, 1.54) is 4.31 Å². The van der Waals surface area contributed by atoms with Crippen molar-refractivity contribution in [1.29, 1.82) is 0 Å². The SMILES string of the molecule is CC(N)c1ccc(S(=O)(=O)N(C)Cc2cccnc2)cc1. The van der Waals surface area contributed by atoms with E-state index in [4.69, 9.17) is 5.73 Å². The predicted molar refractivity (Wildman–Crippen MR) is 81.9 cm³/mol. The molecule has 0 fully saturated rings. The van der Waals surface area contributed by atoms with Crippen LogP contribution in [0.1, 0.15) is 24.1 Å². The Hall–Kier alpha value is -1.76. The minimum Gasteiger partial charge on any atom is -0.324 e. The molecule has 1 unspecified atom stereocenters. The van der Waals surface area contributed by atoms with Crippen molar-refractivity contribution < 1.29 is 8.42 Å². The Balaban J connectivity index is 2.20. The molecular formula is C15H19N3O2S. The van der Waals surface area contributed by atoms with Gasteiger partial charge in [0.05, 0.1) is 4.90 Å². The van der Waals surface area contributed by atoms with Gasteiger partial charge in [-0.2, -0.15) is 4.31 Å². The summed E-state index contributed by atoms with van der Waals surface area (Å²) >= 11 is 0. The van der Waals surface area contributed by atoms with E-state index in [0.29, 0.717) is 0 Å². The van der Waals surface area contributed by atoms with Gasteiger partial charge in [0.1, 0.15) is 0 Å². The van der Waals surface area contributed by atoms with E-state index in [1.54, 1.807) is 49.8 Å². The van der Waals surface area contributed by atoms with E-state index in [1.807, 2.05) is 13.0 Å². The van der Waals surface area contributed by atoms with E-state index in [-0.39, 0.29) is 17.5 Å². The number of benzene rings is 1. The van der Waals surface area contributed by atoms with Gasteiger partial charge in [-0.05, 0) is 36.2 Å². The van der Waals surface area contributed by atoms with Crippen LogP contribution in [0.25, 0.3) is 0 Å². The molecule has 0 saturated heterocycles. The smallest absolute Gasteiger partial charge is 0.243 e. The van der Waals surface area contributed by atoms with Crippen molar-refractivity contribution in [2.45, 2.75) is 24.4 Å².